The Morgan fingerprint density at radius 1 is 1.43 bits per heavy atom. The number of sulfonamides is 1. The minimum atomic E-state index is -3.59. The van der Waals surface area contributed by atoms with Gasteiger partial charge in [0.1, 0.15) is 0 Å². The van der Waals surface area contributed by atoms with Gasteiger partial charge < -0.3 is 5.11 Å². The second kappa shape index (κ2) is 4.50. The lowest BCUT2D eigenvalue weighted by atomic mass is 10.6. The molecular formula is C7H13F2NO3S. The summed E-state index contributed by atoms with van der Waals surface area (Å²) in [6, 6.07) is 0. The first kappa shape index (κ1) is 11.8. The Kier molecular flexibility index (Phi) is 3.79. The van der Waals surface area contributed by atoms with Gasteiger partial charge in [0.2, 0.25) is 10.0 Å². The van der Waals surface area contributed by atoms with Gasteiger partial charge in [0.15, 0.2) is 0 Å². The van der Waals surface area contributed by atoms with Crippen molar-refractivity contribution in [3.63, 3.8) is 0 Å². The zero-order chi connectivity index (χ0) is 10.8. The summed E-state index contributed by atoms with van der Waals surface area (Å²) in [5, 5.41) is 8.06. The van der Waals surface area contributed by atoms with E-state index >= 15 is 0 Å². The molecule has 0 aromatic carbocycles. The lowest BCUT2D eigenvalue weighted by Gasteiger charge is -2.20. The number of hydrogen-bond acceptors (Lipinski definition) is 3. The van der Waals surface area contributed by atoms with Gasteiger partial charge in [-0.05, 0) is 12.8 Å². The molecule has 0 aliphatic heterocycles. The van der Waals surface area contributed by atoms with Crippen LogP contribution in [0.3, 0.4) is 0 Å². The van der Waals surface area contributed by atoms with Gasteiger partial charge in [-0.2, -0.15) is 4.31 Å². The predicted molar refractivity (Wildman–Crippen MR) is 46.6 cm³/mol. The minimum absolute atomic E-state index is 0.247. The highest BCUT2D eigenvalue weighted by molar-refractivity contribution is 7.90. The van der Waals surface area contributed by atoms with Crippen LogP contribution in [0.4, 0.5) is 8.78 Å². The molecule has 1 aliphatic carbocycles. The van der Waals surface area contributed by atoms with Gasteiger partial charge in [0, 0.05) is 6.54 Å². The number of aliphatic hydroxyl groups is 1. The van der Waals surface area contributed by atoms with E-state index < -0.39 is 34.9 Å². The van der Waals surface area contributed by atoms with Crippen LogP contribution in [-0.2, 0) is 10.0 Å². The first-order chi connectivity index (χ1) is 6.48. The summed E-state index contributed by atoms with van der Waals surface area (Å²) in [6.45, 7) is -1.50. The van der Waals surface area contributed by atoms with E-state index in [0.717, 1.165) is 0 Å². The van der Waals surface area contributed by atoms with Crippen molar-refractivity contribution in [3.05, 3.63) is 0 Å². The molecular weight excluding hydrogens is 216 g/mol. The van der Waals surface area contributed by atoms with E-state index in [9.17, 15) is 17.2 Å². The van der Waals surface area contributed by atoms with Gasteiger partial charge in [-0.15, -0.1) is 0 Å². The second-order valence-corrected chi connectivity index (χ2v) is 5.43. The lowest BCUT2D eigenvalue weighted by molar-refractivity contribution is 0.113. The van der Waals surface area contributed by atoms with Crippen LogP contribution in [0, 0.1) is 0 Å². The zero-order valence-electron chi connectivity index (χ0n) is 7.57. The molecule has 1 fully saturated rings. The number of nitrogens with zero attached hydrogens (tertiary/aromatic N) is 1. The van der Waals surface area contributed by atoms with Crippen LogP contribution in [-0.4, -0.2) is 49.2 Å². The van der Waals surface area contributed by atoms with Crippen LogP contribution in [0.25, 0.3) is 0 Å². The summed E-state index contributed by atoms with van der Waals surface area (Å²) < 4.78 is 47.7. The Morgan fingerprint density at radius 3 is 2.36 bits per heavy atom. The molecule has 0 aromatic heterocycles. The highest BCUT2D eigenvalue weighted by Gasteiger charge is 2.40. The first-order valence-corrected chi connectivity index (χ1v) is 5.86. The maximum atomic E-state index is 12.0. The van der Waals surface area contributed by atoms with E-state index in [1.165, 1.54) is 0 Å². The minimum Gasteiger partial charge on any atom is -0.395 e. The molecule has 0 saturated heterocycles. The van der Waals surface area contributed by atoms with Crippen LogP contribution in [0.5, 0.6) is 0 Å². The van der Waals surface area contributed by atoms with Crippen molar-refractivity contribution in [2.75, 3.05) is 19.7 Å². The van der Waals surface area contributed by atoms with Gasteiger partial charge in [-0.1, -0.05) is 0 Å². The van der Waals surface area contributed by atoms with E-state index in [2.05, 4.69) is 0 Å². The zero-order valence-corrected chi connectivity index (χ0v) is 8.38. The van der Waals surface area contributed by atoms with Crippen LogP contribution in [0.15, 0.2) is 0 Å². The van der Waals surface area contributed by atoms with Gasteiger partial charge in [0.25, 0.3) is 6.43 Å². The fraction of sp³-hybridized carbons (Fsp3) is 1.00. The summed E-state index contributed by atoms with van der Waals surface area (Å²) in [5.74, 6) is 0. The third kappa shape index (κ3) is 2.86. The van der Waals surface area contributed by atoms with Crippen molar-refractivity contribution < 1.29 is 22.3 Å². The predicted octanol–water partition coefficient (Wildman–Crippen LogP) is 0.0380. The molecule has 1 rings (SSSR count). The summed E-state index contributed by atoms with van der Waals surface area (Å²) in [7, 11) is -3.59. The molecule has 0 heterocycles. The molecule has 0 aromatic rings. The second-order valence-electron chi connectivity index (χ2n) is 3.22. The fourth-order valence-electron chi connectivity index (χ4n) is 1.16. The standard InChI is InChI=1S/C7H13F2NO3S/c8-7(9)5-10(3-4-11)14(12,13)6-1-2-6/h6-7,11H,1-5H2. The van der Waals surface area contributed by atoms with Gasteiger partial charge in [-0.25, -0.2) is 17.2 Å². The molecule has 0 spiro atoms. The monoisotopic (exact) mass is 229 g/mol. The largest absolute Gasteiger partial charge is 0.395 e. The highest BCUT2D eigenvalue weighted by Crippen LogP contribution is 2.31. The van der Waals surface area contributed by atoms with Crippen molar-refractivity contribution in [2.24, 2.45) is 0 Å². The smallest absolute Gasteiger partial charge is 0.252 e. The molecule has 1 saturated carbocycles. The Hall–Kier alpha value is -0.270. The average molecular weight is 229 g/mol. The van der Waals surface area contributed by atoms with Gasteiger partial charge in [0.05, 0.1) is 18.4 Å². The number of hydrogen-bond donors (Lipinski definition) is 1. The molecule has 84 valence electrons. The third-order valence-electron chi connectivity index (χ3n) is 2.00. The van der Waals surface area contributed by atoms with E-state index in [0.29, 0.717) is 17.1 Å². The Morgan fingerprint density at radius 2 is 2.00 bits per heavy atom. The van der Waals surface area contributed by atoms with Crippen molar-refractivity contribution >= 4 is 10.0 Å². The molecule has 0 radical (unpaired) electrons. The topological polar surface area (TPSA) is 57.6 Å². The van der Waals surface area contributed by atoms with Crippen molar-refractivity contribution in [1.82, 2.24) is 4.31 Å². The quantitative estimate of drug-likeness (QED) is 0.699. The van der Waals surface area contributed by atoms with E-state index in [1.807, 2.05) is 0 Å². The maximum Gasteiger partial charge on any atom is 0.252 e. The fourth-order valence-corrected chi connectivity index (χ4v) is 2.97. The van der Waals surface area contributed by atoms with Crippen LogP contribution < -0.4 is 0 Å². The van der Waals surface area contributed by atoms with Crippen molar-refractivity contribution in [1.29, 1.82) is 0 Å². The molecule has 0 unspecified atom stereocenters. The molecule has 1 aliphatic rings. The Balaban J connectivity index is 2.65. The van der Waals surface area contributed by atoms with E-state index in [-0.39, 0.29) is 6.54 Å². The molecule has 0 amide bonds. The van der Waals surface area contributed by atoms with E-state index in [1.54, 1.807) is 0 Å². The van der Waals surface area contributed by atoms with Gasteiger partial charge >= 0.3 is 0 Å². The summed E-state index contributed by atoms with van der Waals surface area (Å²) >= 11 is 0. The summed E-state index contributed by atoms with van der Waals surface area (Å²) in [5.41, 5.74) is 0. The first-order valence-electron chi connectivity index (χ1n) is 4.36. The summed E-state index contributed by atoms with van der Waals surface area (Å²) in [6.07, 6.45) is -1.63. The Labute approximate surface area is 81.6 Å². The summed E-state index contributed by atoms with van der Waals surface area (Å²) in [4.78, 5) is 0. The highest BCUT2D eigenvalue weighted by atomic mass is 32.2. The van der Waals surface area contributed by atoms with Crippen LogP contribution in [0.1, 0.15) is 12.8 Å². The third-order valence-corrected chi connectivity index (χ3v) is 4.36. The van der Waals surface area contributed by atoms with Crippen LogP contribution >= 0.6 is 0 Å². The molecule has 0 atom stereocenters. The average Bonchev–Trinajstić information content (AvgIpc) is 2.84. The van der Waals surface area contributed by atoms with Crippen LogP contribution in [0.2, 0.25) is 0 Å². The SMILES string of the molecule is O=S(=O)(C1CC1)N(CCO)CC(F)F. The molecule has 1 N–H and O–H groups in total. The Bertz CT molecular complexity index is 277. The normalized spacial score (nSPS) is 18.1. The van der Waals surface area contributed by atoms with Crippen molar-refractivity contribution in [2.45, 2.75) is 24.5 Å². The number of halogens is 2. The van der Waals surface area contributed by atoms with Crippen molar-refractivity contribution in [3.8, 4) is 0 Å². The maximum absolute atomic E-state index is 12.0. The molecule has 4 nitrogen and oxygen atoms in total. The number of aliphatic hydroxyl groups excluding tert-OH is 1. The van der Waals surface area contributed by atoms with Gasteiger partial charge in [-0.3, -0.25) is 0 Å². The molecule has 14 heavy (non-hydrogen) atoms. The number of alkyl halides is 2. The van der Waals surface area contributed by atoms with E-state index in [4.69, 9.17) is 5.11 Å². The molecule has 7 heteroatoms. The lowest BCUT2D eigenvalue weighted by Crippen LogP contribution is -2.39. The molecule has 0 bridgehead atoms. The number of rotatable bonds is 6.